The number of ether oxygens (including phenoxy) is 4. The standard InChI is InChI=1S/C29H42O7/c1-26(2,3)33-22-17(13-15-19(30)24(22)35-28(7,8)9)21(32)18-14-16-20(31)25(36-29(10,11)12)23(18)34-27(4,5)6/h13-16,30-31H,1-12H3. The van der Waals surface area contributed by atoms with Crippen LogP contribution in [0.3, 0.4) is 0 Å². The lowest BCUT2D eigenvalue weighted by molar-refractivity contribution is 0.0851. The van der Waals surface area contributed by atoms with E-state index in [4.69, 9.17) is 18.9 Å². The highest BCUT2D eigenvalue weighted by Gasteiger charge is 2.32. The molecule has 0 atom stereocenters. The van der Waals surface area contributed by atoms with Crippen LogP contribution in [0.1, 0.15) is 99.0 Å². The summed E-state index contributed by atoms with van der Waals surface area (Å²) < 4.78 is 24.4. The summed E-state index contributed by atoms with van der Waals surface area (Å²) in [6.45, 7) is 22.1. The van der Waals surface area contributed by atoms with Gasteiger partial charge in [0.05, 0.1) is 11.1 Å². The first kappa shape index (κ1) is 29.1. The van der Waals surface area contributed by atoms with Crippen LogP contribution < -0.4 is 18.9 Å². The third kappa shape index (κ3) is 7.97. The van der Waals surface area contributed by atoms with Crippen molar-refractivity contribution in [2.75, 3.05) is 0 Å². The van der Waals surface area contributed by atoms with Crippen molar-refractivity contribution in [2.45, 2.75) is 105 Å². The van der Waals surface area contributed by atoms with Gasteiger partial charge in [-0.25, -0.2) is 0 Å². The number of benzene rings is 2. The van der Waals surface area contributed by atoms with E-state index < -0.39 is 28.2 Å². The van der Waals surface area contributed by atoms with Crippen molar-refractivity contribution < 1.29 is 34.0 Å². The fourth-order valence-electron chi connectivity index (χ4n) is 3.23. The Labute approximate surface area is 215 Å². The number of aromatic hydroxyl groups is 2. The Morgan fingerprint density at radius 3 is 1.00 bits per heavy atom. The average molecular weight is 503 g/mol. The lowest BCUT2D eigenvalue weighted by Crippen LogP contribution is -2.28. The van der Waals surface area contributed by atoms with Crippen molar-refractivity contribution in [3.8, 4) is 34.5 Å². The molecule has 0 saturated heterocycles. The Morgan fingerprint density at radius 2 is 0.750 bits per heavy atom. The van der Waals surface area contributed by atoms with Crippen LogP contribution in [0.5, 0.6) is 34.5 Å². The summed E-state index contributed by atoms with van der Waals surface area (Å²) in [6, 6.07) is 5.79. The van der Waals surface area contributed by atoms with Gasteiger partial charge in [0, 0.05) is 0 Å². The number of phenols is 2. The largest absolute Gasteiger partial charge is 0.504 e. The highest BCUT2D eigenvalue weighted by atomic mass is 16.6. The van der Waals surface area contributed by atoms with Crippen LogP contribution in [0.15, 0.2) is 24.3 Å². The molecule has 0 amide bonds. The molecule has 0 bridgehead atoms. The molecule has 0 spiro atoms. The first-order chi connectivity index (χ1) is 16.1. The minimum absolute atomic E-state index is 0.0755. The van der Waals surface area contributed by atoms with Crippen molar-refractivity contribution in [3.05, 3.63) is 35.4 Å². The first-order valence-electron chi connectivity index (χ1n) is 12.1. The second-order valence-electron chi connectivity index (χ2n) is 12.8. The predicted octanol–water partition coefficient (Wildman–Crippen LogP) is 7.04. The second kappa shape index (κ2) is 9.75. The molecular formula is C29H42O7. The lowest BCUT2D eigenvalue weighted by Gasteiger charge is -2.30. The molecule has 2 aromatic rings. The number of carbonyl (C=O) groups excluding carboxylic acids is 1. The molecular weight excluding hydrogens is 460 g/mol. The van der Waals surface area contributed by atoms with E-state index in [9.17, 15) is 15.0 Å². The van der Waals surface area contributed by atoms with Gasteiger partial charge in [0.2, 0.25) is 17.3 Å². The molecule has 0 unspecified atom stereocenters. The zero-order valence-corrected chi connectivity index (χ0v) is 23.7. The molecule has 2 rings (SSSR count). The number of rotatable bonds is 6. The van der Waals surface area contributed by atoms with Crippen LogP contribution in [0.25, 0.3) is 0 Å². The molecule has 0 aliphatic rings. The Kier molecular flexibility index (Phi) is 7.90. The molecule has 2 aromatic carbocycles. The summed E-state index contributed by atoms with van der Waals surface area (Å²) in [7, 11) is 0. The molecule has 200 valence electrons. The monoisotopic (exact) mass is 502 g/mol. The summed E-state index contributed by atoms with van der Waals surface area (Å²) in [5.41, 5.74) is -2.37. The topological polar surface area (TPSA) is 94.5 Å². The Hall–Kier alpha value is -3.09. The molecule has 0 aromatic heterocycles. The van der Waals surface area contributed by atoms with Crippen LogP contribution in [0.2, 0.25) is 0 Å². The van der Waals surface area contributed by atoms with Gasteiger partial charge in [-0.3, -0.25) is 4.79 Å². The van der Waals surface area contributed by atoms with Crippen molar-refractivity contribution in [3.63, 3.8) is 0 Å². The van der Waals surface area contributed by atoms with Crippen molar-refractivity contribution in [1.82, 2.24) is 0 Å². The van der Waals surface area contributed by atoms with E-state index in [2.05, 4.69) is 0 Å². The maximum atomic E-state index is 14.1. The number of carbonyl (C=O) groups is 1. The van der Waals surface area contributed by atoms with Gasteiger partial charge in [0.1, 0.15) is 22.4 Å². The quantitative estimate of drug-likeness (QED) is 0.409. The van der Waals surface area contributed by atoms with E-state index in [-0.39, 0.29) is 45.6 Å². The molecule has 7 nitrogen and oxygen atoms in total. The van der Waals surface area contributed by atoms with Crippen LogP contribution in [-0.2, 0) is 0 Å². The molecule has 0 fully saturated rings. The van der Waals surface area contributed by atoms with Crippen LogP contribution in [-0.4, -0.2) is 38.4 Å². The normalized spacial score (nSPS) is 12.8. The molecule has 2 N–H and O–H groups in total. The molecule has 0 aliphatic carbocycles. The summed E-state index contributed by atoms with van der Waals surface area (Å²) >= 11 is 0. The fraction of sp³-hybridized carbons (Fsp3) is 0.552. The lowest BCUT2D eigenvalue weighted by atomic mass is 9.98. The summed E-state index contributed by atoms with van der Waals surface area (Å²) in [4.78, 5) is 14.1. The van der Waals surface area contributed by atoms with Gasteiger partial charge in [-0.15, -0.1) is 0 Å². The van der Waals surface area contributed by atoms with Crippen LogP contribution in [0.4, 0.5) is 0 Å². The van der Waals surface area contributed by atoms with Gasteiger partial charge >= 0.3 is 0 Å². The van der Waals surface area contributed by atoms with E-state index >= 15 is 0 Å². The van der Waals surface area contributed by atoms with Crippen molar-refractivity contribution in [1.29, 1.82) is 0 Å². The Morgan fingerprint density at radius 1 is 0.500 bits per heavy atom. The summed E-state index contributed by atoms with van der Waals surface area (Å²) in [5, 5.41) is 21.3. The minimum atomic E-state index is -0.695. The number of phenolic OH excluding ortho intramolecular Hbond substituents is 2. The highest BCUT2D eigenvalue weighted by Crippen LogP contribution is 2.47. The predicted molar refractivity (Wildman–Crippen MR) is 141 cm³/mol. The molecule has 0 aliphatic heterocycles. The Balaban J connectivity index is 2.85. The van der Waals surface area contributed by atoms with E-state index in [0.717, 1.165) is 0 Å². The molecule has 36 heavy (non-hydrogen) atoms. The smallest absolute Gasteiger partial charge is 0.204 e. The van der Waals surface area contributed by atoms with Gasteiger partial charge in [-0.2, -0.15) is 0 Å². The van der Waals surface area contributed by atoms with E-state index in [1.165, 1.54) is 24.3 Å². The highest BCUT2D eigenvalue weighted by molar-refractivity contribution is 6.13. The van der Waals surface area contributed by atoms with E-state index in [1.54, 1.807) is 0 Å². The van der Waals surface area contributed by atoms with Gasteiger partial charge < -0.3 is 29.2 Å². The average Bonchev–Trinajstić information content (AvgIpc) is 2.63. The molecule has 0 radical (unpaired) electrons. The first-order valence-corrected chi connectivity index (χ1v) is 12.1. The van der Waals surface area contributed by atoms with E-state index in [1.807, 2.05) is 83.1 Å². The zero-order chi connectivity index (χ0) is 27.9. The maximum absolute atomic E-state index is 14.1. The van der Waals surface area contributed by atoms with Crippen LogP contribution >= 0.6 is 0 Å². The number of hydrogen-bond acceptors (Lipinski definition) is 7. The van der Waals surface area contributed by atoms with Crippen molar-refractivity contribution >= 4 is 5.78 Å². The van der Waals surface area contributed by atoms with Gasteiger partial charge in [0.15, 0.2) is 23.0 Å². The number of ketones is 1. The number of hydrogen-bond donors (Lipinski definition) is 2. The SMILES string of the molecule is CC(C)(C)Oc1c(O)ccc(C(=O)c2ccc(O)c(OC(C)(C)C)c2OC(C)(C)C)c1OC(C)(C)C. The minimum Gasteiger partial charge on any atom is -0.504 e. The van der Waals surface area contributed by atoms with Gasteiger partial charge in [-0.1, -0.05) is 0 Å². The van der Waals surface area contributed by atoms with Gasteiger partial charge in [0.25, 0.3) is 0 Å². The molecule has 7 heteroatoms. The third-order valence-electron chi connectivity index (χ3n) is 4.30. The maximum Gasteiger partial charge on any atom is 0.204 e. The van der Waals surface area contributed by atoms with Gasteiger partial charge in [-0.05, 0) is 107 Å². The fourth-order valence-corrected chi connectivity index (χ4v) is 3.23. The van der Waals surface area contributed by atoms with Crippen molar-refractivity contribution in [2.24, 2.45) is 0 Å². The molecule has 0 heterocycles. The summed E-state index contributed by atoms with van der Waals surface area (Å²) in [6.07, 6.45) is 0. The molecule has 0 saturated carbocycles. The third-order valence-corrected chi connectivity index (χ3v) is 4.30. The second-order valence-corrected chi connectivity index (χ2v) is 12.8. The Bertz CT molecular complexity index is 1020. The van der Waals surface area contributed by atoms with E-state index in [0.29, 0.717) is 0 Å². The zero-order valence-electron chi connectivity index (χ0n) is 23.7. The van der Waals surface area contributed by atoms with Crippen LogP contribution in [0, 0.1) is 0 Å². The summed E-state index contributed by atoms with van der Waals surface area (Å²) in [5.74, 6) is -0.335.